The summed E-state index contributed by atoms with van der Waals surface area (Å²) < 4.78 is 22.3. The van der Waals surface area contributed by atoms with Gasteiger partial charge in [-0.25, -0.2) is 0 Å². The minimum Gasteiger partial charge on any atom is -0.508 e. The third-order valence-electron chi connectivity index (χ3n) is 8.32. The maximum atomic E-state index is 14.0. The Labute approximate surface area is 269 Å². The van der Waals surface area contributed by atoms with Gasteiger partial charge in [0.15, 0.2) is 28.2 Å². The Morgan fingerprint density at radius 1 is 0.633 bits per heavy atom. The zero-order valence-electron chi connectivity index (χ0n) is 24.4. The van der Waals surface area contributed by atoms with Crippen molar-refractivity contribution in [1.29, 1.82) is 0 Å². The van der Waals surface area contributed by atoms with Crippen molar-refractivity contribution < 1.29 is 74.5 Å². The third kappa shape index (κ3) is 4.60. The molecule has 0 saturated carbocycles. The van der Waals surface area contributed by atoms with Gasteiger partial charge in [0.1, 0.15) is 86.0 Å². The van der Waals surface area contributed by atoms with Crippen LogP contribution in [0.4, 0.5) is 0 Å². The van der Waals surface area contributed by atoms with Crippen LogP contribution in [0.1, 0.15) is 0 Å². The fraction of sp³-hybridized carbons (Fsp3) is 0.188. The molecule has 0 amide bonds. The largest absolute Gasteiger partial charge is 0.508 e. The average molecular weight is 681 g/mol. The van der Waals surface area contributed by atoms with Crippen LogP contribution in [-0.2, 0) is 4.74 Å². The normalized spacial score (nSPS) is 21.2. The van der Waals surface area contributed by atoms with E-state index >= 15 is 0 Å². The van der Waals surface area contributed by atoms with E-state index in [1.54, 1.807) is 0 Å². The lowest BCUT2D eigenvalue weighted by Crippen LogP contribution is -2.60. The van der Waals surface area contributed by atoms with Crippen LogP contribution in [0.3, 0.4) is 0 Å². The summed E-state index contributed by atoms with van der Waals surface area (Å²) in [7, 11) is 0. The second-order valence-corrected chi connectivity index (χ2v) is 11.3. The van der Waals surface area contributed by atoms with Gasteiger partial charge in [-0.05, 0) is 18.2 Å². The smallest absolute Gasteiger partial charge is 0.229 e. The molecule has 0 radical (unpaired) electrons. The fourth-order valence-corrected chi connectivity index (χ4v) is 5.98. The van der Waals surface area contributed by atoms with Gasteiger partial charge in [0.2, 0.25) is 17.1 Å². The molecule has 5 atom stereocenters. The van der Waals surface area contributed by atoms with Crippen LogP contribution in [0.5, 0.6) is 46.0 Å². The summed E-state index contributed by atoms with van der Waals surface area (Å²) in [6.07, 6.45) is -8.60. The molecule has 6 aromatic rings. The second kappa shape index (κ2) is 11.0. The van der Waals surface area contributed by atoms with Crippen LogP contribution in [0.25, 0.3) is 55.0 Å². The van der Waals surface area contributed by atoms with Crippen LogP contribution in [-0.4, -0.2) is 93.5 Å². The molecule has 7 rings (SSSR count). The molecule has 17 nitrogen and oxygen atoms in total. The average Bonchev–Trinajstić information content (AvgIpc) is 3.04. The van der Waals surface area contributed by atoms with Crippen molar-refractivity contribution in [1.82, 2.24) is 0 Å². The Morgan fingerprint density at radius 2 is 1.31 bits per heavy atom. The molecule has 0 bridgehead atoms. The number of aliphatic hydroxyl groups is 4. The molecule has 2 aromatic heterocycles. The molecule has 49 heavy (non-hydrogen) atoms. The summed E-state index contributed by atoms with van der Waals surface area (Å²) in [5.74, 6) is -5.73. The molecule has 0 unspecified atom stereocenters. The van der Waals surface area contributed by atoms with Gasteiger partial charge in [-0.15, -0.1) is 0 Å². The Kier molecular flexibility index (Phi) is 7.12. The molecule has 1 saturated heterocycles. The number of hydrogen-bond acceptors (Lipinski definition) is 17. The van der Waals surface area contributed by atoms with Crippen LogP contribution in [0.2, 0.25) is 0 Å². The molecular formula is C32H24O17. The predicted octanol–water partition coefficient (Wildman–Crippen LogP) is 0.991. The van der Waals surface area contributed by atoms with E-state index in [9.17, 15) is 65.8 Å². The van der Waals surface area contributed by atoms with Crippen molar-refractivity contribution in [2.24, 2.45) is 0 Å². The first-order valence-electron chi connectivity index (χ1n) is 14.3. The lowest BCUT2D eigenvalue weighted by atomic mass is 9.96. The molecule has 3 heterocycles. The van der Waals surface area contributed by atoms with E-state index in [-0.39, 0.29) is 5.58 Å². The quantitative estimate of drug-likeness (QED) is 0.0913. The van der Waals surface area contributed by atoms with Gasteiger partial charge in [0, 0.05) is 23.8 Å². The van der Waals surface area contributed by atoms with Gasteiger partial charge in [0.25, 0.3) is 0 Å². The van der Waals surface area contributed by atoms with Crippen molar-refractivity contribution >= 4 is 43.9 Å². The summed E-state index contributed by atoms with van der Waals surface area (Å²) in [4.78, 5) is 27.5. The highest BCUT2D eigenvalue weighted by atomic mass is 16.7. The van der Waals surface area contributed by atoms with E-state index in [1.807, 2.05) is 0 Å². The maximum Gasteiger partial charge on any atom is 0.229 e. The topological polar surface area (TPSA) is 301 Å². The summed E-state index contributed by atoms with van der Waals surface area (Å²) in [6, 6.07) is 5.42. The fourth-order valence-electron chi connectivity index (χ4n) is 5.98. The lowest BCUT2D eigenvalue weighted by molar-refractivity contribution is -0.277. The molecule has 4 aromatic carbocycles. The van der Waals surface area contributed by atoms with E-state index in [2.05, 4.69) is 0 Å². The molecule has 0 spiro atoms. The number of phenols is 7. The van der Waals surface area contributed by atoms with E-state index in [1.165, 1.54) is 0 Å². The highest BCUT2D eigenvalue weighted by Gasteiger charge is 2.45. The number of phenolic OH excluding ortho intramolecular Hbond substituents is 7. The van der Waals surface area contributed by atoms with Gasteiger partial charge >= 0.3 is 0 Å². The van der Waals surface area contributed by atoms with Crippen LogP contribution in [0.15, 0.2) is 54.8 Å². The first-order valence-corrected chi connectivity index (χ1v) is 14.3. The van der Waals surface area contributed by atoms with Crippen LogP contribution >= 0.6 is 0 Å². The number of hydrogen-bond donors (Lipinski definition) is 11. The summed E-state index contributed by atoms with van der Waals surface area (Å²) in [5.41, 5.74) is -5.47. The number of ether oxygens (including phenoxy) is 2. The summed E-state index contributed by atoms with van der Waals surface area (Å²) >= 11 is 0. The number of fused-ring (bicyclic) bond motifs is 4. The van der Waals surface area contributed by atoms with Gasteiger partial charge in [-0.2, -0.15) is 0 Å². The Hall–Kier alpha value is -5.98. The molecule has 1 fully saturated rings. The Morgan fingerprint density at radius 3 is 2.02 bits per heavy atom. The number of rotatable bonds is 4. The molecule has 1 aliphatic heterocycles. The molecule has 17 heteroatoms. The highest BCUT2D eigenvalue weighted by molar-refractivity contribution is 6.09. The minimum absolute atomic E-state index is 0.343. The van der Waals surface area contributed by atoms with Gasteiger partial charge in [-0.1, -0.05) is 0 Å². The number of aromatic hydroxyl groups is 7. The van der Waals surface area contributed by atoms with Gasteiger partial charge < -0.3 is 74.5 Å². The maximum absolute atomic E-state index is 14.0. The highest BCUT2D eigenvalue weighted by Crippen LogP contribution is 2.49. The molecule has 11 N–H and O–H groups in total. The van der Waals surface area contributed by atoms with E-state index in [4.69, 9.17) is 18.3 Å². The third-order valence-corrected chi connectivity index (χ3v) is 8.32. The van der Waals surface area contributed by atoms with Crippen molar-refractivity contribution in [3.05, 3.63) is 56.8 Å². The molecular weight excluding hydrogens is 656 g/mol. The lowest BCUT2D eigenvalue weighted by Gasteiger charge is -2.39. The van der Waals surface area contributed by atoms with Crippen molar-refractivity contribution in [3.63, 3.8) is 0 Å². The van der Waals surface area contributed by atoms with Crippen LogP contribution < -0.4 is 15.6 Å². The number of benzene rings is 4. The Balaban J connectivity index is 1.49. The molecule has 254 valence electrons. The standard InChI is InChI=1S/C32H24O17/c33-7-17-24(41)27(44)28(45)32(48-17)47-15-2-1-10(35)29-21(15)26(43)20-13(38)6-12(37)18(31(20)49-29)9-5-14(39)30-22(23(9)40)25(42)19-11(36)3-8(34)4-16(19)46-30/h1-6,17,24,27-28,32-41,44-45H,7H2/t17-,24-,27+,28-,32-/m1/s1. The zero-order valence-corrected chi connectivity index (χ0v) is 24.4. The summed E-state index contributed by atoms with van der Waals surface area (Å²) in [6.45, 7) is -0.784. The SMILES string of the molecule is O=c1c2c(O)cc(O)cc2oc2c(O)cc(-c3c(O)cc(O)c4c(=O)c5c(O[C@@H]6O[C@H](CO)[C@@H](O)[C@H](O)[C@H]6O)ccc(O)c5oc34)c(O)c12. The monoisotopic (exact) mass is 680 g/mol. The second-order valence-electron chi connectivity index (χ2n) is 11.3. The predicted molar refractivity (Wildman–Crippen MR) is 165 cm³/mol. The van der Waals surface area contributed by atoms with Crippen molar-refractivity contribution in [3.8, 4) is 57.1 Å². The zero-order chi connectivity index (χ0) is 35.2. The van der Waals surface area contributed by atoms with Crippen molar-refractivity contribution in [2.75, 3.05) is 6.61 Å². The Bertz CT molecular complexity index is 2480. The summed E-state index contributed by atoms with van der Waals surface area (Å²) in [5, 5.41) is 113. The molecule has 1 aliphatic rings. The first kappa shape index (κ1) is 31.6. The molecule has 0 aliphatic carbocycles. The van der Waals surface area contributed by atoms with E-state index in [0.717, 1.165) is 30.3 Å². The van der Waals surface area contributed by atoms with Crippen molar-refractivity contribution in [2.45, 2.75) is 30.7 Å². The number of aliphatic hydroxyl groups excluding tert-OH is 4. The van der Waals surface area contributed by atoms with Gasteiger partial charge in [-0.3, -0.25) is 9.59 Å². The van der Waals surface area contributed by atoms with E-state index in [0.29, 0.717) is 6.07 Å². The minimum atomic E-state index is -1.89. The van der Waals surface area contributed by atoms with Crippen LogP contribution in [0, 0.1) is 0 Å². The van der Waals surface area contributed by atoms with E-state index < -0.39 is 144 Å². The first-order chi connectivity index (χ1) is 23.2. The van der Waals surface area contributed by atoms with Gasteiger partial charge in [0.05, 0.1) is 12.2 Å².